The fourth-order valence-corrected chi connectivity index (χ4v) is 4.28. The summed E-state index contributed by atoms with van der Waals surface area (Å²) in [6.07, 6.45) is 3.78. The van der Waals surface area contributed by atoms with Crippen LogP contribution in [-0.2, 0) is 11.3 Å². The zero-order chi connectivity index (χ0) is 23.9. The molecule has 0 atom stereocenters. The van der Waals surface area contributed by atoms with E-state index in [4.69, 9.17) is 9.47 Å². The van der Waals surface area contributed by atoms with Gasteiger partial charge in [0.05, 0.1) is 31.6 Å². The van der Waals surface area contributed by atoms with E-state index in [0.29, 0.717) is 28.3 Å². The van der Waals surface area contributed by atoms with Crippen LogP contribution >= 0.6 is 11.3 Å². The second-order valence-corrected chi connectivity index (χ2v) is 8.28. The summed E-state index contributed by atoms with van der Waals surface area (Å²) < 4.78 is 12.3. The maximum absolute atomic E-state index is 13.1. The number of hydrazone groups is 1. The summed E-state index contributed by atoms with van der Waals surface area (Å²) in [5.74, 6) is 0.793. The van der Waals surface area contributed by atoms with Gasteiger partial charge in [-0.3, -0.25) is 14.2 Å². The van der Waals surface area contributed by atoms with Gasteiger partial charge in [-0.2, -0.15) is 5.10 Å². The lowest BCUT2D eigenvalue weighted by Crippen LogP contribution is -2.30. The van der Waals surface area contributed by atoms with Crippen LogP contribution in [0.1, 0.15) is 18.9 Å². The van der Waals surface area contributed by atoms with Crippen molar-refractivity contribution in [2.45, 2.75) is 19.9 Å². The van der Waals surface area contributed by atoms with Crippen LogP contribution in [-0.4, -0.2) is 35.4 Å². The number of hydrogen-bond acceptors (Lipinski definition) is 7. The summed E-state index contributed by atoms with van der Waals surface area (Å²) in [5.41, 5.74) is 4.66. The summed E-state index contributed by atoms with van der Waals surface area (Å²) in [6, 6.07) is 15.0. The van der Waals surface area contributed by atoms with Crippen LogP contribution < -0.4 is 20.5 Å². The third kappa shape index (κ3) is 5.15. The van der Waals surface area contributed by atoms with Gasteiger partial charge < -0.3 is 9.47 Å². The zero-order valence-corrected chi connectivity index (χ0v) is 19.7. The Labute approximate surface area is 200 Å². The van der Waals surface area contributed by atoms with E-state index in [9.17, 15) is 9.59 Å². The van der Waals surface area contributed by atoms with E-state index in [2.05, 4.69) is 15.5 Å². The number of nitrogens with zero attached hydrogens (tertiary/aromatic N) is 3. The molecule has 0 unspecified atom stereocenters. The van der Waals surface area contributed by atoms with Crippen molar-refractivity contribution in [3.05, 3.63) is 76.2 Å². The first kappa shape index (κ1) is 23.2. The Kier molecular flexibility index (Phi) is 7.34. The Morgan fingerprint density at radius 3 is 2.79 bits per heavy atom. The lowest BCUT2D eigenvalue weighted by atomic mass is 10.1. The topological polar surface area (TPSA) is 94.8 Å². The first-order chi connectivity index (χ1) is 16.6. The van der Waals surface area contributed by atoms with Gasteiger partial charge >= 0.3 is 0 Å². The highest BCUT2D eigenvalue weighted by atomic mass is 32.1. The minimum absolute atomic E-state index is 0.198. The number of ether oxygens (including phenoxy) is 2. The smallest absolute Gasteiger partial charge is 0.263 e. The number of benzene rings is 2. The molecule has 2 aromatic heterocycles. The summed E-state index contributed by atoms with van der Waals surface area (Å²) in [7, 11) is 1.57. The normalized spacial score (nSPS) is 11.1. The molecular weight excluding hydrogens is 452 g/mol. The number of amides is 1. The number of carbonyl (C=O) groups is 1. The van der Waals surface area contributed by atoms with Crippen LogP contribution in [0, 0.1) is 0 Å². The second-order valence-electron chi connectivity index (χ2n) is 7.43. The Morgan fingerprint density at radius 1 is 1.21 bits per heavy atom. The monoisotopic (exact) mass is 476 g/mol. The van der Waals surface area contributed by atoms with Crippen LogP contribution in [0.25, 0.3) is 21.3 Å². The van der Waals surface area contributed by atoms with Gasteiger partial charge in [0, 0.05) is 10.9 Å². The number of rotatable bonds is 9. The molecule has 0 bridgehead atoms. The predicted octanol–water partition coefficient (Wildman–Crippen LogP) is 4.07. The number of hydrogen-bond donors (Lipinski definition) is 1. The predicted molar refractivity (Wildman–Crippen MR) is 134 cm³/mol. The van der Waals surface area contributed by atoms with E-state index in [1.165, 1.54) is 28.4 Å². The lowest BCUT2D eigenvalue weighted by molar-refractivity contribution is -0.121. The number of methoxy groups -OCH3 is 1. The number of nitrogens with one attached hydrogen (secondary N) is 1. The van der Waals surface area contributed by atoms with Crippen LogP contribution in [0.4, 0.5) is 0 Å². The van der Waals surface area contributed by atoms with Crippen molar-refractivity contribution >= 4 is 33.7 Å². The first-order valence-corrected chi connectivity index (χ1v) is 11.6. The molecule has 0 aliphatic rings. The average molecular weight is 477 g/mol. The minimum atomic E-state index is -0.439. The van der Waals surface area contributed by atoms with E-state index in [0.717, 1.165) is 23.1 Å². The summed E-state index contributed by atoms with van der Waals surface area (Å²) in [4.78, 5) is 30.5. The molecule has 0 radical (unpaired) electrons. The van der Waals surface area contributed by atoms with Crippen LogP contribution in [0.3, 0.4) is 0 Å². The van der Waals surface area contributed by atoms with Gasteiger partial charge in [-0.05, 0) is 35.7 Å². The molecule has 2 heterocycles. The highest BCUT2D eigenvalue weighted by molar-refractivity contribution is 7.17. The van der Waals surface area contributed by atoms with Crippen molar-refractivity contribution in [1.82, 2.24) is 15.0 Å². The lowest BCUT2D eigenvalue weighted by Gasteiger charge is -2.10. The molecule has 4 aromatic rings. The summed E-state index contributed by atoms with van der Waals surface area (Å²) in [5, 5.41) is 6.42. The molecule has 0 aliphatic heterocycles. The van der Waals surface area contributed by atoms with Crippen LogP contribution in [0.5, 0.6) is 11.5 Å². The second kappa shape index (κ2) is 10.8. The molecule has 0 saturated heterocycles. The van der Waals surface area contributed by atoms with Crippen molar-refractivity contribution < 1.29 is 14.3 Å². The molecule has 0 spiro atoms. The van der Waals surface area contributed by atoms with Crippen molar-refractivity contribution in [2.24, 2.45) is 5.10 Å². The maximum atomic E-state index is 13.1. The molecule has 1 amide bonds. The Hall–Kier alpha value is -3.98. The largest absolute Gasteiger partial charge is 0.493 e. The molecule has 2 aromatic carbocycles. The van der Waals surface area contributed by atoms with Crippen LogP contribution in [0.2, 0.25) is 0 Å². The van der Waals surface area contributed by atoms with Gasteiger partial charge in [-0.1, -0.05) is 37.3 Å². The fraction of sp³-hybridized carbons (Fsp3) is 0.200. The van der Waals surface area contributed by atoms with Gasteiger partial charge in [0.2, 0.25) is 0 Å². The van der Waals surface area contributed by atoms with E-state index >= 15 is 0 Å². The van der Waals surface area contributed by atoms with E-state index in [1.54, 1.807) is 19.2 Å². The first-order valence-electron chi connectivity index (χ1n) is 10.8. The standard InChI is InChI=1S/C25H24N4O4S/c1-3-11-33-20-10-9-17(12-21(20)32-2)13-27-28-22(30)14-29-16-26-24-23(25(29)31)19(15-34-24)18-7-5-4-6-8-18/h4-10,12-13,15-16H,3,11,14H2,1-2H3,(H,28,30). The quantitative estimate of drug-likeness (QED) is 0.290. The number of carbonyl (C=O) groups excluding carboxylic acids is 1. The van der Waals surface area contributed by atoms with Crippen molar-refractivity contribution in [3.63, 3.8) is 0 Å². The Bertz CT molecular complexity index is 1380. The number of thiophene rings is 1. The molecular formula is C25H24N4O4S. The van der Waals surface area contributed by atoms with Gasteiger partial charge in [0.15, 0.2) is 11.5 Å². The molecule has 9 heteroatoms. The maximum Gasteiger partial charge on any atom is 0.263 e. The Balaban J connectivity index is 1.46. The third-order valence-corrected chi connectivity index (χ3v) is 5.90. The number of aromatic nitrogens is 2. The van der Waals surface area contributed by atoms with Gasteiger partial charge in [0.1, 0.15) is 11.4 Å². The SMILES string of the molecule is CCCOc1ccc(C=NNC(=O)Cn2cnc3scc(-c4ccccc4)c3c2=O)cc1OC. The van der Waals surface area contributed by atoms with Crippen LogP contribution in [0.15, 0.2) is 70.1 Å². The van der Waals surface area contributed by atoms with Crippen molar-refractivity contribution in [1.29, 1.82) is 0 Å². The molecule has 174 valence electrons. The minimum Gasteiger partial charge on any atom is -0.493 e. The molecule has 4 rings (SSSR count). The van der Waals surface area contributed by atoms with E-state index < -0.39 is 5.91 Å². The molecule has 8 nitrogen and oxygen atoms in total. The van der Waals surface area contributed by atoms with Crippen molar-refractivity contribution in [3.8, 4) is 22.6 Å². The molecule has 0 aliphatic carbocycles. The third-order valence-electron chi connectivity index (χ3n) is 5.01. The molecule has 34 heavy (non-hydrogen) atoms. The van der Waals surface area contributed by atoms with Gasteiger partial charge in [-0.25, -0.2) is 10.4 Å². The van der Waals surface area contributed by atoms with Crippen molar-refractivity contribution in [2.75, 3.05) is 13.7 Å². The molecule has 0 fully saturated rings. The number of fused-ring (bicyclic) bond motifs is 1. The Morgan fingerprint density at radius 2 is 2.03 bits per heavy atom. The average Bonchev–Trinajstić information content (AvgIpc) is 3.30. The highest BCUT2D eigenvalue weighted by Crippen LogP contribution is 2.30. The van der Waals surface area contributed by atoms with Gasteiger partial charge in [-0.15, -0.1) is 11.3 Å². The zero-order valence-electron chi connectivity index (χ0n) is 18.9. The van der Waals surface area contributed by atoms with E-state index in [1.807, 2.05) is 48.7 Å². The fourth-order valence-electron chi connectivity index (χ4n) is 3.37. The summed E-state index contributed by atoms with van der Waals surface area (Å²) in [6.45, 7) is 2.43. The molecule has 0 saturated carbocycles. The highest BCUT2D eigenvalue weighted by Gasteiger charge is 2.14. The van der Waals surface area contributed by atoms with Gasteiger partial charge in [0.25, 0.3) is 11.5 Å². The van der Waals surface area contributed by atoms with E-state index in [-0.39, 0.29) is 12.1 Å². The molecule has 1 N–H and O–H groups in total. The summed E-state index contributed by atoms with van der Waals surface area (Å²) >= 11 is 1.40.